The third-order valence-electron chi connectivity index (χ3n) is 5.33. The zero-order valence-electron chi connectivity index (χ0n) is 30.0. The van der Waals surface area contributed by atoms with Crippen LogP contribution in [0.2, 0.25) is 0 Å². The summed E-state index contributed by atoms with van der Waals surface area (Å²) in [6.45, 7) is 34.2. The molecule has 0 spiro atoms. The number of ketones is 1. The van der Waals surface area contributed by atoms with Crippen molar-refractivity contribution >= 4 is 5.78 Å². The fraction of sp³-hybridized carbons (Fsp3) is 0.615. The molecule has 0 heterocycles. The van der Waals surface area contributed by atoms with Crippen molar-refractivity contribution in [3.05, 3.63) is 83.7 Å². The molecule has 41 heavy (non-hydrogen) atoms. The summed E-state index contributed by atoms with van der Waals surface area (Å²) in [5.74, 6) is 0.0377. The molecule has 0 atom stereocenters. The minimum atomic E-state index is -0.276. The summed E-state index contributed by atoms with van der Waals surface area (Å²) in [5, 5.41) is 0. The summed E-state index contributed by atoms with van der Waals surface area (Å²) in [7, 11) is 0. The molecule has 0 amide bonds. The molecule has 0 N–H and O–H groups in total. The van der Waals surface area contributed by atoms with Crippen molar-refractivity contribution in [2.45, 2.75) is 136 Å². The van der Waals surface area contributed by atoms with Gasteiger partial charge in [0, 0.05) is 11.0 Å². The SMILES string of the molecule is C/C=C/CC(C)(C)C.CC.CC(C)(C)C(=O)c1ccccc1.CC(C)(C)Cc1ccc([18F])cc1.CCCC(C)(C)C. The number of allylic oxidation sites excluding steroid dienone is 2. The molecule has 236 valence electrons. The molecule has 0 unspecified atom stereocenters. The molecule has 0 aromatic heterocycles. The summed E-state index contributed by atoms with van der Waals surface area (Å²) < 4.78 is 12.5. The van der Waals surface area contributed by atoms with Gasteiger partial charge >= 0.3 is 0 Å². The second-order valence-corrected chi connectivity index (χ2v) is 15.0. The third kappa shape index (κ3) is 30.6. The van der Waals surface area contributed by atoms with Gasteiger partial charge in [-0.05, 0) is 60.1 Å². The fourth-order valence-corrected chi connectivity index (χ4v) is 3.46. The van der Waals surface area contributed by atoms with E-state index < -0.39 is 0 Å². The number of hydrogen-bond donors (Lipinski definition) is 0. The van der Waals surface area contributed by atoms with Crippen LogP contribution in [0.1, 0.15) is 146 Å². The van der Waals surface area contributed by atoms with Crippen LogP contribution in [0.25, 0.3) is 0 Å². The Morgan fingerprint density at radius 3 is 1.44 bits per heavy atom. The lowest BCUT2D eigenvalue weighted by atomic mass is 9.87. The van der Waals surface area contributed by atoms with Gasteiger partial charge in [-0.25, -0.2) is 4.39 Å². The van der Waals surface area contributed by atoms with E-state index in [1.54, 1.807) is 0 Å². The molecule has 2 aromatic carbocycles. The molecule has 0 saturated carbocycles. The van der Waals surface area contributed by atoms with Crippen molar-refractivity contribution in [2.75, 3.05) is 0 Å². The Morgan fingerprint density at radius 1 is 0.707 bits per heavy atom. The Balaban J connectivity index is -0.000000472. The van der Waals surface area contributed by atoms with E-state index in [1.807, 2.05) is 77.1 Å². The average Bonchev–Trinajstić information content (AvgIpc) is 2.84. The van der Waals surface area contributed by atoms with Gasteiger partial charge in [-0.1, -0.05) is 165 Å². The lowest BCUT2D eigenvalue weighted by Crippen LogP contribution is -2.19. The van der Waals surface area contributed by atoms with Crippen molar-refractivity contribution in [1.29, 1.82) is 0 Å². The Labute approximate surface area is 256 Å². The summed E-state index contributed by atoms with van der Waals surface area (Å²) in [4.78, 5) is 11.7. The number of hydrogen-bond acceptors (Lipinski definition) is 1. The molecule has 0 aliphatic heterocycles. The monoisotopic (exact) mass is 570 g/mol. The van der Waals surface area contributed by atoms with Gasteiger partial charge in [0.15, 0.2) is 5.78 Å². The van der Waals surface area contributed by atoms with Gasteiger partial charge in [0.05, 0.1) is 0 Å². The van der Waals surface area contributed by atoms with Gasteiger partial charge in [0.25, 0.3) is 0 Å². The molecule has 0 fully saturated rings. The first kappa shape index (κ1) is 43.2. The highest BCUT2D eigenvalue weighted by atomic mass is 18.2. The molecule has 2 heteroatoms. The second kappa shape index (κ2) is 21.5. The predicted molar refractivity (Wildman–Crippen MR) is 184 cm³/mol. The van der Waals surface area contributed by atoms with Gasteiger partial charge in [0.1, 0.15) is 5.82 Å². The highest BCUT2D eigenvalue weighted by molar-refractivity contribution is 5.99. The zero-order chi connectivity index (χ0) is 32.9. The first-order chi connectivity index (χ1) is 18.6. The minimum Gasteiger partial charge on any atom is -0.294 e. The predicted octanol–water partition coefficient (Wildman–Crippen LogP) is 13.2. The van der Waals surface area contributed by atoms with Crippen LogP contribution in [0.4, 0.5) is 4.39 Å². The van der Waals surface area contributed by atoms with E-state index in [4.69, 9.17) is 0 Å². The maximum absolute atomic E-state index is 12.5. The highest BCUT2D eigenvalue weighted by Gasteiger charge is 2.22. The van der Waals surface area contributed by atoms with Crippen molar-refractivity contribution in [2.24, 2.45) is 21.7 Å². The number of carbonyl (C=O) groups excluding carboxylic acids is 1. The van der Waals surface area contributed by atoms with E-state index >= 15 is 0 Å². The van der Waals surface area contributed by atoms with Crippen molar-refractivity contribution in [3.8, 4) is 0 Å². The molecular formula is C39H67FO. The topological polar surface area (TPSA) is 17.1 Å². The normalized spacial score (nSPS) is 11.4. The first-order valence-corrected chi connectivity index (χ1v) is 15.6. The van der Waals surface area contributed by atoms with E-state index in [0.29, 0.717) is 10.8 Å². The van der Waals surface area contributed by atoms with E-state index in [2.05, 4.69) is 88.3 Å². The fourth-order valence-electron chi connectivity index (χ4n) is 3.46. The number of rotatable bonds is 4. The van der Waals surface area contributed by atoms with Crippen LogP contribution in [0.3, 0.4) is 0 Å². The largest absolute Gasteiger partial charge is 0.294 e. The third-order valence-corrected chi connectivity index (χ3v) is 5.33. The lowest BCUT2D eigenvalue weighted by molar-refractivity contribution is 0.0858. The minimum absolute atomic E-state index is 0.160. The zero-order valence-corrected chi connectivity index (χ0v) is 30.0. The van der Waals surface area contributed by atoms with Gasteiger partial charge < -0.3 is 0 Å². The van der Waals surface area contributed by atoms with Gasteiger partial charge in [-0.3, -0.25) is 4.79 Å². The standard InChI is InChI=1S/C11H15F.C11H14O.C8H16.C7H16.C2H6/c1-11(2,3)8-9-4-6-10(12)7-5-9;1-11(2,3)10(12)9-7-5-4-6-8-9;1-5-6-7-8(2,3)4;1-5-6-7(2,3)4;1-2/h4-7H,8H2,1-3H3;4-8H,1-3H3;5-6H,7H2,1-4H3;5-6H2,1-4H3;1-2H3/b;;6-5+;;/i12-1;;;;. The Morgan fingerprint density at radius 2 is 1.17 bits per heavy atom. The van der Waals surface area contributed by atoms with Crippen LogP contribution in [0, 0.1) is 27.5 Å². The molecule has 0 saturated heterocycles. The number of benzene rings is 2. The van der Waals surface area contributed by atoms with Crippen LogP contribution >= 0.6 is 0 Å². The van der Waals surface area contributed by atoms with Crippen LogP contribution in [0.5, 0.6) is 0 Å². The van der Waals surface area contributed by atoms with E-state index in [0.717, 1.165) is 12.0 Å². The highest BCUT2D eigenvalue weighted by Crippen LogP contribution is 2.21. The molecule has 2 rings (SSSR count). The maximum atomic E-state index is 12.5. The quantitative estimate of drug-likeness (QED) is 0.264. The molecule has 1 nitrogen and oxygen atoms in total. The number of halogens is 1. The van der Waals surface area contributed by atoms with E-state index in [-0.39, 0.29) is 22.4 Å². The molecule has 0 aliphatic carbocycles. The lowest BCUT2D eigenvalue weighted by Gasteiger charge is -2.17. The number of Topliss-reactive ketones (excluding diaryl/α,β-unsaturated/α-hetero) is 1. The molecule has 0 radical (unpaired) electrons. The van der Waals surface area contributed by atoms with Gasteiger partial charge in [0.2, 0.25) is 0 Å². The van der Waals surface area contributed by atoms with E-state index in [1.165, 1.54) is 37.0 Å². The molecule has 2 aromatic rings. The van der Waals surface area contributed by atoms with Crippen LogP contribution in [-0.4, -0.2) is 5.78 Å². The first-order valence-electron chi connectivity index (χ1n) is 15.6. The molecule has 0 bridgehead atoms. The van der Waals surface area contributed by atoms with Gasteiger partial charge in [-0.15, -0.1) is 0 Å². The Bertz CT molecular complexity index is 909. The van der Waals surface area contributed by atoms with Crippen LogP contribution in [0.15, 0.2) is 66.7 Å². The maximum Gasteiger partial charge on any atom is 0.168 e. The average molecular weight is 570 g/mol. The summed E-state index contributed by atoms with van der Waals surface area (Å²) in [6.07, 6.45) is 9.14. The summed E-state index contributed by atoms with van der Waals surface area (Å²) in [6, 6.07) is 16.1. The Hall–Kier alpha value is -2.22. The van der Waals surface area contributed by atoms with Crippen molar-refractivity contribution in [3.63, 3.8) is 0 Å². The van der Waals surface area contributed by atoms with Crippen LogP contribution in [-0.2, 0) is 6.42 Å². The van der Waals surface area contributed by atoms with Gasteiger partial charge in [-0.2, -0.15) is 0 Å². The molecule has 0 aliphatic rings. The summed E-state index contributed by atoms with van der Waals surface area (Å²) >= 11 is 0. The van der Waals surface area contributed by atoms with Crippen molar-refractivity contribution < 1.29 is 9.18 Å². The smallest absolute Gasteiger partial charge is 0.168 e. The summed E-state index contributed by atoms with van der Waals surface area (Å²) in [5.41, 5.74) is 3.01. The molecular weight excluding hydrogens is 502 g/mol. The van der Waals surface area contributed by atoms with Crippen molar-refractivity contribution in [1.82, 2.24) is 0 Å². The Kier molecular flexibility index (Phi) is 22.7. The second-order valence-electron chi connectivity index (χ2n) is 15.0. The van der Waals surface area contributed by atoms with E-state index in [9.17, 15) is 9.18 Å². The number of carbonyl (C=O) groups is 1. The van der Waals surface area contributed by atoms with Crippen LogP contribution < -0.4 is 0 Å².